The number of hydrogen-bond acceptors (Lipinski definition) is 5. The van der Waals surface area contributed by atoms with Gasteiger partial charge in [-0.2, -0.15) is 0 Å². The summed E-state index contributed by atoms with van der Waals surface area (Å²) in [4.78, 5) is 11.0. The van der Waals surface area contributed by atoms with Crippen molar-refractivity contribution >= 4 is 23.2 Å². The number of thiocarbonyl (C=S) groups is 1. The molecular weight excluding hydrogens is 248 g/mol. The molecule has 0 aliphatic rings. The van der Waals surface area contributed by atoms with Gasteiger partial charge in [0.15, 0.2) is 0 Å². The van der Waals surface area contributed by atoms with Crippen molar-refractivity contribution in [3.63, 3.8) is 0 Å². The number of aromatic nitrogens is 2. The van der Waals surface area contributed by atoms with E-state index in [4.69, 9.17) is 22.7 Å². The third-order valence-electron chi connectivity index (χ3n) is 2.33. The summed E-state index contributed by atoms with van der Waals surface area (Å²) in [6.07, 6.45) is 1.68. The summed E-state index contributed by atoms with van der Waals surface area (Å²) in [6.45, 7) is 6.54. The minimum Gasteiger partial charge on any atom is -0.388 e. The largest absolute Gasteiger partial charge is 0.388 e. The predicted molar refractivity (Wildman–Crippen MR) is 76.8 cm³/mol. The Morgan fingerprint density at radius 3 is 2.83 bits per heavy atom. The number of nitrogens with two attached hydrogens (primary N) is 1. The van der Waals surface area contributed by atoms with Crippen molar-refractivity contribution < 1.29 is 4.74 Å². The highest BCUT2D eigenvalue weighted by Crippen LogP contribution is 2.10. The Bertz CT molecular complexity index is 397. The molecule has 0 atom stereocenters. The second kappa shape index (κ2) is 7.23. The van der Waals surface area contributed by atoms with E-state index in [-0.39, 0.29) is 4.99 Å². The van der Waals surface area contributed by atoms with Gasteiger partial charge in [0, 0.05) is 26.4 Å². The van der Waals surface area contributed by atoms with Crippen LogP contribution in [-0.2, 0) is 4.74 Å². The molecule has 0 aliphatic carbocycles. The molecule has 2 N–H and O–H groups in total. The average molecular weight is 268 g/mol. The maximum absolute atomic E-state index is 5.58. The molecule has 100 valence electrons. The fourth-order valence-electron chi connectivity index (χ4n) is 1.55. The van der Waals surface area contributed by atoms with Gasteiger partial charge in [-0.3, -0.25) is 0 Å². The van der Waals surface area contributed by atoms with Crippen LogP contribution in [0, 0.1) is 5.92 Å². The molecule has 0 radical (unpaired) electrons. The molecule has 0 spiro atoms. The second-order valence-electron chi connectivity index (χ2n) is 4.44. The summed E-state index contributed by atoms with van der Waals surface area (Å²) in [5.41, 5.74) is 6.18. The average Bonchev–Trinajstić information content (AvgIpc) is 2.34. The van der Waals surface area contributed by atoms with Crippen LogP contribution < -0.4 is 10.6 Å². The van der Waals surface area contributed by atoms with Gasteiger partial charge in [-0.15, -0.1) is 0 Å². The van der Waals surface area contributed by atoms with Crippen molar-refractivity contribution in [3.05, 3.63) is 18.0 Å². The first-order valence-electron chi connectivity index (χ1n) is 5.91. The number of anilines is 1. The van der Waals surface area contributed by atoms with Gasteiger partial charge in [0.1, 0.15) is 10.7 Å². The first-order chi connectivity index (χ1) is 8.54. The summed E-state index contributed by atoms with van der Waals surface area (Å²) in [5, 5.41) is 0. The lowest BCUT2D eigenvalue weighted by Crippen LogP contribution is -2.33. The van der Waals surface area contributed by atoms with Crippen LogP contribution in [0.3, 0.4) is 0 Å². The van der Waals surface area contributed by atoms with E-state index in [1.165, 1.54) is 0 Å². The van der Waals surface area contributed by atoms with Crippen LogP contribution >= 0.6 is 12.2 Å². The zero-order valence-electron chi connectivity index (χ0n) is 11.1. The van der Waals surface area contributed by atoms with E-state index in [2.05, 4.69) is 28.7 Å². The quantitative estimate of drug-likeness (QED) is 0.750. The van der Waals surface area contributed by atoms with Crippen molar-refractivity contribution in [1.82, 2.24) is 9.97 Å². The summed E-state index contributed by atoms with van der Waals surface area (Å²) >= 11 is 4.93. The summed E-state index contributed by atoms with van der Waals surface area (Å²) in [6, 6.07) is 1.72. The summed E-state index contributed by atoms with van der Waals surface area (Å²) in [5.74, 6) is 1.16. The zero-order valence-corrected chi connectivity index (χ0v) is 11.9. The van der Waals surface area contributed by atoms with E-state index in [1.807, 2.05) is 0 Å². The molecule has 1 heterocycles. The molecule has 18 heavy (non-hydrogen) atoms. The molecule has 0 amide bonds. The molecule has 5 nitrogen and oxygen atoms in total. The highest BCUT2D eigenvalue weighted by atomic mass is 32.1. The first kappa shape index (κ1) is 14.8. The lowest BCUT2D eigenvalue weighted by atomic mass is 10.2. The third kappa shape index (κ3) is 4.54. The van der Waals surface area contributed by atoms with Crippen molar-refractivity contribution in [2.24, 2.45) is 11.7 Å². The van der Waals surface area contributed by atoms with E-state index in [0.29, 0.717) is 24.2 Å². The fraction of sp³-hybridized carbons (Fsp3) is 0.583. The maximum atomic E-state index is 5.58. The Hall–Kier alpha value is -1.27. The third-order valence-corrected chi connectivity index (χ3v) is 2.54. The van der Waals surface area contributed by atoms with Gasteiger partial charge in [-0.1, -0.05) is 26.1 Å². The molecule has 1 rings (SSSR count). The lowest BCUT2D eigenvalue weighted by Gasteiger charge is -2.24. The van der Waals surface area contributed by atoms with Crippen molar-refractivity contribution in [1.29, 1.82) is 0 Å². The molecule has 0 saturated carbocycles. The standard InChI is InChI=1S/C12H20N4OS/c1-9(2)8-16(6-7-17-3)12-14-5-4-10(15-12)11(13)18/h4-5,9H,6-8H2,1-3H3,(H2,13,18). The fourth-order valence-corrected chi connectivity index (χ4v) is 1.67. The van der Waals surface area contributed by atoms with Gasteiger partial charge in [-0.25, -0.2) is 9.97 Å². The molecule has 1 aromatic heterocycles. The van der Waals surface area contributed by atoms with E-state index < -0.39 is 0 Å². The zero-order chi connectivity index (χ0) is 13.5. The summed E-state index contributed by atoms with van der Waals surface area (Å²) < 4.78 is 5.11. The number of hydrogen-bond donors (Lipinski definition) is 1. The molecule has 0 saturated heterocycles. The highest BCUT2D eigenvalue weighted by Gasteiger charge is 2.12. The lowest BCUT2D eigenvalue weighted by molar-refractivity contribution is 0.204. The van der Waals surface area contributed by atoms with Crippen LogP contribution in [0.5, 0.6) is 0 Å². The van der Waals surface area contributed by atoms with Crippen molar-refractivity contribution in [3.8, 4) is 0 Å². The SMILES string of the molecule is COCCN(CC(C)C)c1nccc(C(N)=S)n1. The van der Waals surface area contributed by atoms with Gasteiger partial charge in [0.25, 0.3) is 0 Å². The van der Waals surface area contributed by atoms with Crippen LogP contribution in [0.1, 0.15) is 19.5 Å². The molecule has 0 bridgehead atoms. The minimum absolute atomic E-state index is 0.287. The maximum Gasteiger partial charge on any atom is 0.226 e. The molecular formula is C12H20N4OS. The van der Waals surface area contributed by atoms with Gasteiger partial charge in [0.05, 0.1) is 6.61 Å². The van der Waals surface area contributed by atoms with Crippen molar-refractivity contribution in [2.45, 2.75) is 13.8 Å². The first-order valence-corrected chi connectivity index (χ1v) is 6.32. The second-order valence-corrected chi connectivity index (χ2v) is 4.88. The van der Waals surface area contributed by atoms with Crippen LogP contribution in [-0.4, -0.2) is 41.8 Å². The Morgan fingerprint density at radius 2 is 2.28 bits per heavy atom. The predicted octanol–water partition coefficient (Wildman–Crippen LogP) is 1.22. The van der Waals surface area contributed by atoms with Gasteiger partial charge >= 0.3 is 0 Å². The Labute approximate surface area is 113 Å². The Morgan fingerprint density at radius 1 is 1.56 bits per heavy atom. The Balaban J connectivity index is 2.89. The topological polar surface area (TPSA) is 64.3 Å². The molecule has 1 aromatic rings. The van der Waals surface area contributed by atoms with Crippen LogP contribution in [0.2, 0.25) is 0 Å². The van der Waals surface area contributed by atoms with Crippen LogP contribution in [0.25, 0.3) is 0 Å². The number of nitrogens with zero attached hydrogens (tertiary/aromatic N) is 3. The minimum atomic E-state index is 0.287. The molecule has 6 heteroatoms. The Kier molecular flexibility index (Phi) is 5.94. The molecule has 0 unspecified atom stereocenters. The number of rotatable bonds is 7. The van der Waals surface area contributed by atoms with Crippen LogP contribution in [0.4, 0.5) is 5.95 Å². The molecule has 0 aliphatic heterocycles. The normalized spacial score (nSPS) is 10.7. The van der Waals surface area contributed by atoms with Crippen molar-refractivity contribution in [2.75, 3.05) is 31.7 Å². The number of ether oxygens (including phenoxy) is 1. The van der Waals surface area contributed by atoms with Gasteiger partial charge in [-0.05, 0) is 12.0 Å². The van der Waals surface area contributed by atoms with Crippen LogP contribution in [0.15, 0.2) is 12.3 Å². The molecule has 0 fully saturated rings. The monoisotopic (exact) mass is 268 g/mol. The highest BCUT2D eigenvalue weighted by molar-refractivity contribution is 7.80. The van der Waals surface area contributed by atoms with E-state index >= 15 is 0 Å². The molecule has 0 aromatic carbocycles. The smallest absolute Gasteiger partial charge is 0.226 e. The number of methoxy groups -OCH3 is 1. The summed E-state index contributed by atoms with van der Waals surface area (Å²) in [7, 11) is 1.68. The van der Waals surface area contributed by atoms with E-state index in [0.717, 1.165) is 13.1 Å². The van der Waals surface area contributed by atoms with E-state index in [1.54, 1.807) is 19.4 Å². The van der Waals surface area contributed by atoms with Gasteiger partial charge < -0.3 is 15.4 Å². The van der Waals surface area contributed by atoms with Gasteiger partial charge in [0.2, 0.25) is 5.95 Å². The van der Waals surface area contributed by atoms with E-state index in [9.17, 15) is 0 Å².